The number of benzene rings is 2. The van der Waals surface area contributed by atoms with E-state index in [0.29, 0.717) is 31.5 Å². The van der Waals surface area contributed by atoms with E-state index in [0.717, 1.165) is 22.6 Å². The summed E-state index contributed by atoms with van der Waals surface area (Å²) in [5, 5.41) is 5.71. The highest BCUT2D eigenvalue weighted by molar-refractivity contribution is 5.96. The Morgan fingerprint density at radius 2 is 1.28 bits per heavy atom. The highest BCUT2D eigenvalue weighted by atomic mass is 16.5. The van der Waals surface area contributed by atoms with E-state index in [-0.39, 0.29) is 17.5 Å². The quantitative estimate of drug-likeness (QED) is 0.513. The zero-order valence-electron chi connectivity index (χ0n) is 18.3. The van der Waals surface area contributed by atoms with Crippen LogP contribution in [0.4, 0.5) is 0 Å². The number of aromatic nitrogens is 1. The molecule has 2 aromatic carbocycles. The molecule has 0 aliphatic heterocycles. The third-order valence-electron chi connectivity index (χ3n) is 5.00. The number of methoxy groups -OCH3 is 2. The van der Waals surface area contributed by atoms with Gasteiger partial charge in [-0.05, 0) is 48.2 Å². The Balaban J connectivity index is 1.47. The Morgan fingerprint density at radius 1 is 0.750 bits per heavy atom. The number of hydrogen-bond donors (Lipinski definition) is 2. The second-order valence-corrected chi connectivity index (χ2v) is 7.07. The van der Waals surface area contributed by atoms with Gasteiger partial charge in [-0.1, -0.05) is 36.4 Å². The number of rotatable bonds is 10. The zero-order valence-corrected chi connectivity index (χ0v) is 18.3. The fraction of sp³-hybridized carbons (Fsp3) is 0.240. The number of para-hydroxylation sites is 2. The molecule has 0 atom stereocenters. The second kappa shape index (κ2) is 11.5. The summed E-state index contributed by atoms with van der Waals surface area (Å²) in [5.74, 6) is 1.06. The van der Waals surface area contributed by atoms with Crippen molar-refractivity contribution in [1.82, 2.24) is 15.6 Å². The molecule has 7 nitrogen and oxygen atoms in total. The minimum absolute atomic E-state index is 0.240. The van der Waals surface area contributed by atoms with E-state index in [1.165, 1.54) is 6.20 Å². The van der Waals surface area contributed by atoms with Crippen molar-refractivity contribution in [3.63, 3.8) is 0 Å². The van der Waals surface area contributed by atoms with Gasteiger partial charge in [0.25, 0.3) is 11.8 Å². The summed E-state index contributed by atoms with van der Waals surface area (Å²) in [6.07, 6.45) is 2.70. The average Bonchev–Trinajstić information content (AvgIpc) is 2.84. The predicted molar refractivity (Wildman–Crippen MR) is 122 cm³/mol. The van der Waals surface area contributed by atoms with Crippen LogP contribution >= 0.6 is 0 Å². The molecule has 1 aromatic heterocycles. The van der Waals surface area contributed by atoms with Crippen LogP contribution in [0, 0.1) is 0 Å². The third-order valence-corrected chi connectivity index (χ3v) is 5.00. The Hall–Kier alpha value is -3.87. The molecule has 0 saturated heterocycles. The van der Waals surface area contributed by atoms with Gasteiger partial charge in [0.15, 0.2) is 0 Å². The maximum Gasteiger partial charge on any atom is 0.269 e. The number of nitrogens with zero attached hydrogens (tertiary/aromatic N) is 1. The maximum atomic E-state index is 12.4. The Bertz CT molecular complexity index is 967. The van der Waals surface area contributed by atoms with E-state index < -0.39 is 0 Å². The maximum absolute atomic E-state index is 12.4. The van der Waals surface area contributed by atoms with Gasteiger partial charge in [-0.15, -0.1) is 0 Å². The fourth-order valence-corrected chi connectivity index (χ4v) is 3.30. The number of amides is 2. The minimum atomic E-state index is -0.289. The predicted octanol–water partition coefficient (Wildman–Crippen LogP) is 3.04. The summed E-state index contributed by atoms with van der Waals surface area (Å²) < 4.78 is 10.6. The second-order valence-electron chi connectivity index (χ2n) is 7.07. The van der Waals surface area contributed by atoms with Gasteiger partial charge in [0.2, 0.25) is 0 Å². The van der Waals surface area contributed by atoms with Crippen LogP contribution in [0.15, 0.2) is 66.9 Å². The van der Waals surface area contributed by atoms with Crippen molar-refractivity contribution < 1.29 is 19.1 Å². The van der Waals surface area contributed by atoms with Gasteiger partial charge >= 0.3 is 0 Å². The lowest BCUT2D eigenvalue weighted by molar-refractivity contribution is 0.0938. The van der Waals surface area contributed by atoms with Gasteiger partial charge < -0.3 is 20.1 Å². The molecule has 0 bridgehead atoms. The summed E-state index contributed by atoms with van der Waals surface area (Å²) in [4.78, 5) is 28.8. The molecule has 7 heteroatoms. The van der Waals surface area contributed by atoms with Crippen LogP contribution in [-0.2, 0) is 12.8 Å². The van der Waals surface area contributed by atoms with Crippen molar-refractivity contribution in [3.05, 3.63) is 89.2 Å². The van der Waals surface area contributed by atoms with Crippen LogP contribution in [0.5, 0.6) is 11.5 Å². The number of ether oxygens (including phenoxy) is 2. The van der Waals surface area contributed by atoms with E-state index in [4.69, 9.17) is 9.47 Å². The SMILES string of the molecule is COc1ccccc1CCNC(=O)c1ccc(C(=O)NCCc2ccccc2OC)nc1. The lowest BCUT2D eigenvalue weighted by Gasteiger charge is -2.10. The molecular weight excluding hydrogens is 406 g/mol. The highest BCUT2D eigenvalue weighted by Crippen LogP contribution is 2.18. The zero-order chi connectivity index (χ0) is 22.8. The summed E-state index contributed by atoms with van der Waals surface area (Å²) in [7, 11) is 3.25. The van der Waals surface area contributed by atoms with Crippen LogP contribution in [0.1, 0.15) is 32.0 Å². The molecule has 0 unspecified atom stereocenters. The van der Waals surface area contributed by atoms with E-state index >= 15 is 0 Å². The first-order valence-corrected chi connectivity index (χ1v) is 10.4. The van der Waals surface area contributed by atoms with Crippen LogP contribution in [0.25, 0.3) is 0 Å². The number of pyridine rings is 1. The monoisotopic (exact) mass is 433 g/mol. The molecule has 0 spiro atoms. The molecule has 2 N–H and O–H groups in total. The molecule has 0 aliphatic rings. The van der Waals surface area contributed by atoms with Gasteiger partial charge in [0.1, 0.15) is 17.2 Å². The smallest absolute Gasteiger partial charge is 0.269 e. The van der Waals surface area contributed by atoms with Crippen LogP contribution < -0.4 is 20.1 Å². The molecule has 0 radical (unpaired) electrons. The van der Waals surface area contributed by atoms with E-state index in [2.05, 4.69) is 15.6 Å². The lowest BCUT2D eigenvalue weighted by Crippen LogP contribution is -2.28. The molecule has 0 aliphatic carbocycles. The Labute approximate surface area is 187 Å². The standard InChI is InChI=1S/C25H27N3O4/c1-31-22-9-5-3-7-18(22)13-15-26-24(29)20-11-12-21(28-17-20)25(30)27-16-14-19-8-4-6-10-23(19)32-2/h3-12,17H,13-16H2,1-2H3,(H,26,29)(H,27,30). The third kappa shape index (κ3) is 6.07. The first kappa shape index (κ1) is 22.8. The average molecular weight is 434 g/mol. The van der Waals surface area contributed by atoms with Crippen molar-refractivity contribution >= 4 is 11.8 Å². The van der Waals surface area contributed by atoms with E-state index in [1.807, 2.05) is 48.5 Å². The van der Waals surface area contributed by atoms with Gasteiger partial charge in [0.05, 0.1) is 19.8 Å². The first-order chi connectivity index (χ1) is 15.6. The molecule has 1 heterocycles. The van der Waals surface area contributed by atoms with E-state index in [1.54, 1.807) is 26.4 Å². The lowest BCUT2D eigenvalue weighted by atomic mass is 10.1. The summed E-state index contributed by atoms with van der Waals surface area (Å²) in [6, 6.07) is 18.5. The molecule has 2 amide bonds. The molecule has 166 valence electrons. The van der Waals surface area contributed by atoms with Crippen molar-refractivity contribution in [1.29, 1.82) is 0 Å². The minimum Gasteiger partial charge on any atom is -0.496 e. The Kier molecular flexibility index (Phi) is 8.20. The molecular formula is C25H27N3O4. The van der Waals surface area contributed by atoms with Crippen LogP contribution in [0.3, 0.4) is 0 Å². The van der Waals surface area contributed by atoms with Crippen molar-refractivity contribution in [2.45, 2.75) is 12.8 Å². The van der Waals surface area contributed by atoms with Gasteiger partial charge in [-0.3, -0.25) is 14.6 Å². The highest BCUT2D eigenvalue weighted by Gasteiger charge is 2.11. The largest absolute Gasteiger partial charge is 0.496 e. The molecule has 3 aromatic rings. The number of hydrogen-bond acceptors (Lipinski definition) is 5. The molecule has 3 rings (SSSR count). The summed E-state index contributed by atoms with van der Waals surface area (Å²) >= 11 is 0. The van der Waals surface area contributed by atoms with Crippen molar-refractivity contribution in [2.75, 3.05) is 27.3 Å². The van der Waals surface area contributed by atoms with Gasteiger partial charge in [-0.2, -0.15) is 0 Å². The Morgan fingerprint density at radius 3 is 1.78 bits per heavy atom. The van der Waals surface area contributed by atoms with E-state index in [9.17, 15) is 9.59 Å². The summed E-state index contributed by atoms with van der Waals surface area (Å²) in [5.41, 5.74) is 2.70. The number of nitrogens with one attached hydrogen (secondary N) is 2. The normalized spacial score (nSPS) is 10.3. The van der Waals surface area contributed by atoms with Crippen LogP contribution in [-0.4, -0.2) is 44.1 Å². The van der Waals surface area contributed by atoms with Crippen molar-refractivity contribution in [3.8, 4) is 11.5 Å². The van der Waals surface area contributed by atoms with Gasteiger partial charge in [-0.25, -0.2) is 0 Å². The van der Waals surface area contributed by atoms with Crippen LogP contribution in [0.2, 0.25) is 0 Å². The topological polar surface area (TPSA) is 89.5 Å². The fourth-order valence-electron chi connectivity index (χ4n) is 3.30. The summed E-state index contributed by atoms with van der Waals surface area (Å²) in [6.45, 7) is 0.913. The molecule has 32 heavy (non-hydrogen) atoms. The molecule has 0 fully saturated rings. The number of carbonyl (C=O) groups excluding carboxylic acids is 2. The first-order valence-electron chi connectivity index (χ1n) is 10.4. The molecule has 0 saturated carbocycles. The van der Waals surface area contributed by atoms with Gasteiger partial charge in [0, 0.05) is 19.3 Å². The number of carbonyl (C=O) groups is 2. The van der Waals surface area contributed by atoms with Crippen molar-refractivity contribution in [2.24, 2.45) is 0 Å².